The molecule has 2 heteroatoms. The van der Waals surface area contributed by atoms with Crippen LogP contribution in [0.1, 0.15) is 19.3 Å². The van der Waals surface area contributed by atoms with Gasteiger partial charge in [0, 0.05) is 5.92 Å². The molecule has 1 aliphatic rings. The summed E-state index contributed by atoms with van der Waals surface area (Å²) in [6, 6.07) is 0. The third-order valence-corrected chi connectivity index (χ3v) is 2.09. The zero-order valence-corrected chi connectivity index (χ0v) is 6.60. The Hall–Kier alpha value is -0.810. The predicted octanol–water partition coefficient (Wildman–Crippen LogP) is 0.578. The average Bonchev–Trinajstić information content (AvgIpc) is 1.84. The van der Waals surface area contributed by atoms with E-state index in [9.17, 15) is 4.79 Å². The fourth-order valence-electron chi connectivity index (χ4n) is 1.13. The van der Waals surface area contributed by atoms with Gasteiger partial charge >= 0.3 is 0 Å². The lowest BCUT2D eigenvalue weighted by Gasteiger charge is -2.23. The molecule has 60 valence electrons. The van der Waals surface area contributed by atoms with Crippen molar-refractivity contribution in [3.63, 3.8) is 0 Å². The molecule has 0 atom stereocenters. The van der Waals surface area contributed by atoms with E-state index >= 15 is 0 Å². The first-order valence-electron chi connectivity index (χ1n) is 4.01. The fourth-order valence-corrected chi connectivity index (χ4v) is 1.13. The van der Waals surface area contributed by atoms with Crippen LogP contribution in [0.3, 0.4) is 0 Å². The van der Waals surface area contributed by atoms with Gasteiger partial charge in [0.25, 0.3) is 0 Å². The van der Waals surface area contributed by atoms with Crippen molar-refractivity contribution in [2.75, 3.05) is 13.1 Å². The van der Waals surface area contributed by atoms with Gasteiger partial charge in [-0.15, -0.1) is 6.42 Å². The molecule has 1 saturated carbocycles. The van der Waals surface area contributed by atoms with Gasteiger partial charge in [0.1, 0.15) is 5.78 Å². The van der Waals surface area contributed by atoms with Crippen molar-refractivity contribution in [2.24, 2.45) is 5.92 Å². The molecule has 1 fully saturated rings. The zero-order chi connectivity index (χ0) is 8.10. The summed E-state index contributed by atoms with van der Waals surface area (Å²) in [6.07, 6.45) is 8.39. The first-order valence-corrected chi connectivity index (χ1v) is 4.01. The highest BCUT2D eigenvalue weighted by atomic mass is 16.1. The topological polar surface area (TPSA) is 29.1 Å². The average molecular weight is 151 g/mol. The van der Waals surface area contributed by atoms with Crippen molar-refractivity contribution in [2.45, 2.75) is 19.3 Å². The van der Waals surface area contributed by atoms with Crippen LogP contribution < -0.4 is 5.32 Å². The second-order valence-corrected chi connectivity index (χ2v) is 2.90. The van der Waals surface area contributed by atoms with E-state index in [-0.39, 0.29) is 0 Å². The van der Waals surface area contributed by atoms with E-state index in [1.54, 1.807) is 0 Å². The Balaban J connectivity index is 2.06. The van der Waals surface area contributed by atoms with Crippen LogP contribution in [0.5, 0.6) is 0 Å². The number of nitrogens with one attached hydrogen (secondary N) is 1. The summed E-state index contributed by atoms with van der Waals surface area (Å²) in [4.78, 5) is 11.2. The predicted molar refractivity (Wildman–Crippen MR) is 44.1 cm³/mol. The van der Waals surface area contributed by atoms with E-state index in [0.717, 1.165) is 12.8 Å². The second-order valence-electron chi connectivity index (χ2n) is 2.90. The van der Waals surface area contributed by atoms with Crippen molar-refractivity contribution in [1.29, 1.82) is 0 Å². The van der Waals surface area contributed by atoms with E-state index in [0.29, 0.717) is 24.8 Å². The molecule has 0 radical (unpaired) electrons. The molecule has 0 aromatic rings. The Labute approximate surface area is 67.4 Å². The lowest BCUT2D eigenvalue weighted by Crippen LogP contribution is -2.31. The Morgan fingerprint density at radius 2 is 2.36 bits per heavy atom. The summed E-state index contributed by atoms with van der Waals surface area (Å²) >= 11 is 0. The van der Waals surface area contributed by atoms with Gasteiger partial charge in [-0.2, -0.15) is 0 Å². The van der Waals surface area contributed by atoms with E-state index < -0.39 is 0 Å². The first-order chi connectivity index (χ1) is 5.34. The summed E-state index contributed by atoms with van der Waals surface area (Å²) in [7, 11) is 0. The molecular formula is C9H13NO. The van der Waals surface area contributed by atoms with Crippen molar-refractivity contribution in [3.8, 4) is 12.3 Å². The van der Waals surface area contributed by atoms with Crippen LogP contribution >= 0.6 is 0 Å². The van der Waals surface area contributed by atoms with Crippen molar-refractivity contribution in [1.82, 2.24) is 5.32 Å². The van der Waals surface area contributed by atoms with Gasteiger partial charge in [-0.1, -0.05) is 12.3 Å². The van der Waals surface area contributed by atoms with Gasteiger partial charge in [0.05, 0.1) is 13.1 Å². The molecule has 1 N–H and O–H groups in total. The number of carbonyl (C=O) groups excluding carboxylic acids is 1. The van der Waals surface area contributed by atoms with Crippen LogP contribution in [-0.4, -0.2) is 18.9 Å². The maximum Gasteiger partial charge on any atom is 0.149 e. The minimum absolute atomic E-state index is 0.325. The number of terminal acetylenes is 1. The van der Waals surface area contributed by atoms with E-state index in [4.69, 9.17) is 6.42 Å². The highest BCUT2D eigenvalue weighted by Gasteiger charge is 2.23. The van der Waals surface area contributed by atoms with Crippen molar-refractivity contribution >= 4 is 5.78 Å². The maximum absolute atomic E-state index is 11.2. The molecule has 11 heavy (non-hydrogen) atoms. The number of ketones is 1. The number of hydrogen-bond acceptors (Lipinski definition) is 2. The molecule has 0 aromatic heterocycles. The second kappa shape index (κ2) is 4.15. The van der Waals surface area contributed by atoms with Crippen molar-refractivity contribution < 1.29 is 4.79 Å². The third kappa shape index (κ3) is 2.36. The largest absolute Gasteiger partial charge is 0.299 e. The summed E-state index contributed by atoms with van der Waals surface area (Å²) in [5.41, 5.74) is 0. The Bertz CT molecular complexity index is 176. The van der Waals surface area contributed by atoms with E-state index in [1.165, 1.54) is 6.42 Å². The van der Waals surface area contributed by atoms with Gasteiger partial charge < -0.3 is 0 Å². The summed E-state index contributed by atoms with van der Waals surface area (Å²) in [5.74, 6) is 3.09. The molecule has 1 rings (SSSR count). The normalized spacial score (nSPS) is 17.0. The molecule has 2 nitrogen and oxygen atoms in total. The fraction of sp³-hybridized carbons (Fsp3) is 0.667. The van der Waals surface area contributed by atoms with Crippen LogP contribution in [0.4, 0.5) is 0 Å². The van der Waals surface area contributed by atoms with E-state index in [1.807, 2.05) is 0 Å². The molecule has 0 bridgehead atoms. The number of carbonyl (C=O) groups is 1. The Kier molecular flexibility index (Phi) is 3.13. The highest BCUT2D eigenvalue weighted by molar-refractivity contribution is 5.83. The molecule has 1 aliphatic carbocycles. The van der Waals surface area contributed by atoms with Crippen LogP contribution in [0.25, 0.3) is 0 Å². The number of Topliss-reactive ketones (excluding diaryl/α,β-unsaturated/α-hetero) is 1. The zero-order valence-electron chi connectivity index (χ0n) is 6.60. The Morgan fingerprint density at radius 1 is 1.64 bits per heavy atom. The monoisotopic (exact) mass is 151 g/mol. The summed E-state index contributed by atoms with van der Waals surface area (Å²) < 4.78 is 0. The van der Waals surface area contributed by atoms with Gasteiger partial charge in [0.2, 0.25) is 0 Å². The van der Waals surface area contributed by atoms with Gasteiger partial charge in [-0.25, -0.2) is 0 Å². The van der Waals surface area contributed by atoms with Gasteiger partial charge in [-0.3, -0.25) is 10.1 Å². The minimum atomic E-state index is 0.325. The molecule has 0 aromatic carbocycles. The highest BCUT2D eigenvalue weighted by Crippen LogP contribution is 2.26. The van der Waals surface area contributed by atoms with Crippen LogP contribution in [-0.2, 0) is 4.79 Å². The SMILES string of the molecule is C#CCNCC(=O)C1CCC1. The molecule has 0 aliphatic heterocycles. The lowest BCUT2D eigenvalue weighted by atomic mass is 9.82. The molecular weight excluding hydrogens is 138 g/mol. The lowest BCUT2D eigenvalue weighted by molar-refractivity contribution is -0.124. The summed E-state index contributed by atoms with van der Waals surface area (Å²) in [6.45, 7) is 0.952. The van der Waals surface area contributed by atoms with Gasteiger partial charge in [0.15, 0.2) is 0 Å². The van der Waals surface area contributed by atoms with Crippen LogP contribution in [0.15, 0.2) is 0 Å². The van der Waals surface area contributed by atoms with Gasteiger partial charge in [-0.05, 0) is 12.8 Å². The standard InChI is InChI=1S/C9H13NO/c1-2-6-10-7-9(11)8-4-3-5-8/h1,8,10H,3-7H2. The minimum Gasteiger partial charge on any atom is -0.299 e. The van der Waals surface area contributed by atoms with E-state index in [2.05, 4.69) is 11.2 Å². The molecule has 0 saturated heterocycles. The summed E-state index contributed by atoms with van der Waals surface area (Å²) in [5, 5.41) is 2.90. The molecule has 0 unspecified atom stereocenters. The Morgan fingerprint density at radius 3 is 2.82 bits per heavy atom. The number of rotatable bonds is 4. The maximum atomic E-state index is 11.2. The molecule has 0 heterocycles. The first kappa shape index (κ1) is 8.29. The van der Waals surface area contributed by atoms with Crippen molar-refractivity contribution in [3.05, 3.63) is 0 Å². The number of hydrogen-bond donors (Lipinski definition) is 1. The molecule has 0 spiro atoms. The van der Waals surface area contributed by atoms with Crippen LogP contribution in [0.2, 0.25) is 0 Å². The third-order valence-electron chi connectivity index (χ3n) is 2.09. The van der Waals surface area contributed by atoms with Crippen LogP contribution in [0, 0.1) is 18.3 Å². The quantitative estimate of drug-likeness (QED) is 0.470. The molecule has 0 amide bonds. The smallest absolute Gasteiger partial charge is 0.149 e.